The predicted molar refractivity (Wildman–Crippen MR) is 51.1 cm³/mol. The highest BCUT2D eigenvalue weighted by atomic mass is 16.5. The van der Waals surface area contributed by atoms with E-state index in [0.29, 0.717) is 24.1 Å². The smallest absolute Gasteiger partial charge is 0.343 e. The highest BCUT2D eigenvalue weighted by Gasteiger charge is 2.23. The lowest BCUT2D eigenvalue weighted by atomic mass is 10.1. The third-order valence-electron chi connectivity index (χ3n) is 2.43. The Labute approximate surface area is 85.1 Å². The van der Waals surface area contributed by atoms with Gasteiger partial charge < -0.3 is 9.72 Å². The lowest BCUT2D eigenvalue weighted by Crippen LogP contribution is -2.20. The van der Waals surface area contributed by atoms with Gasteiger partial charge in [-0.2, -0.15) is 0 Å². The number of nitrogens with one attached hydrogen (secondary N) is 1. The molecule has 1 aliphatic carbocycles. The molecule has 0 radical (unpaired) electrons. The van der Waals surface area contributed by atoms with Crippen LogP contribution < -0.4 is 5.56 Å². The minimum atomic E-state index is -0.723. The van der Waals surface area contributed by atoms with E-state index < -0.39 is 11.5 Å². The molecule has 2 rings (SSSR count). The van der Waals surface area contributed by atoms with Crippen molar-refractivity contribution in [3.8, 4) is 0 Å². The third-order valence-corrected chi connectivity index (χ3v) is 2.43. The van der Waals surface area contributed by atoms with E-state index in [0.717, 1.165) is 0 Å². The van der Waals surface area contributed by atoms with E-state index in [2.05, 4.69) is 9.72 Å². The standard InChI is InChI=1S/C10H9NO4/c1-15-10(14)6-4-5-7(11-9(6)13)2-3-8(5)12/h4H,2-3H2,1H3,(H,11,13). The number of H-pyrrole nitrogens is 1. The van der Waals surface area contributed by atoms with Gasteiger partial charge in [-0.3, -0.25) is 9.59 Å². The molecule has 1 heterocycles. The molecule has 15 heavy (non-hydrogen) atoms. The number of ether oxygens (including phenoxy) is 1. The number of Topliss-reactive ketones (excluding diaryl/α,β-unsaturated/α-hetero) is 1. The first-order valence-electron chi connectivity index (χ1n) is 4.51. The van der Waals surface area contributed by atoms with Crippen LogP contribution in [0.15, 0.2) is 10.9 Å². The lowest BCUT2D eigenvalue weighted by molar-refractivity contribution is 0.0598. The zero-order valence-corrected chi connectivity index (χ0v) is 8.12. The number of aryl methyl sites for hydroxylation is 1. The zero-order chi connectivity index (χ0) is 11.0. The third kappa shape index (κ3) is 1.45. The van der Waals surface area contributed by atoms with Crippen molar-refractivity contribution in [1.82, 2.24) is 4.98 Å². The van der Waals surface area contributed by atoms with Crippen LogP contribution in [0.5, 0.6) is 0 Å². The molecule has 1 aliphatic rings. The molecule has 1 aromatic rings. The number of methoxy groups -OCH3 is 1. The number of carbonyl (C=O) groups is 2. The molecule has 0 unspecified atom stereocenters. The normalized spacial score (nSPS) is 13.8. The fraction of sp³-hybridized carbons (Fsp3) is 0.300. The molecule has 0 saturated carbocycles. The first-order chi connectivity index (χ1) is 7.13. The number of hydrogen-bond donors (Lipinski definition) is 1. The Balaban J connectivity index is 2.60. The van der Waals surface area contributed by atoms with Crippen molar-refractivity contribution in [3.63, 3.8) is 0 Å². The summed E-state index contributed by atoms with van der Waals surface area (Å²) in [6.45, 7) is 0. The number of fused-ring (bicyclic) bond motifs is 1. The van der Waals surface area contributed by atoms with Crippen molar-refractivity contribution in [2.24, 2.45) is 0 Å². The monoisotopic (exact) mass is 207 g/mol. The molecule has 0 fully saturated rings. The van der Waals surface area contributed by atoms with Gasteiger partial charge in [-0.05, 0) is 12.5 Å². The van der Waals surface area contributed by atoms with Crippen LogP contribution in [-0.4, -0.2) is 23.8 Å². The van der Waals surface area contributed by atoms with Crippen LogP contribution in [0.4, 0.5) is 0 Å². The fourth-order valence-corrected chi connectivity index (χ4v) is 1.65. The molecule has 5 heteroatoms. The SMILES string of the molecule is COC(=O)c1cc2c([nH]c1=O)CCC2=O. The van der Waals surface area contributed by atoms with Crippen LogP contribution in [0.3, 0.4) is 0 Å². The van der Waals surface area contributed by atoms with Crippen LogP contribution in [0.1, 0.15) is 32.8 Å². The highest BCUT2D eigenvalue weighted by Crippen LogP contribution is 2.19. The van der Waals surface area contributed by atoms with Crippen LogP contribution in [0, 0.1) is 0 Å². The van der Waals surface area contributed by atoms with E-state index in [4.69, 9.17) is 0 Å². The maximum atomic E-state index is 11.4. The maximum Gasteiger partial charge on any atom is 0.343 e. The average Bonchev–Trinajstić information content (AvgIpc) is 2.58. The van der Waals surface area contributed by atoms with Crippen molar-refractivity contribution in [2.75, 3.05) is 7.11 Å². The molecule has 0 atom stereocenters. The summed E-state index contributed by atoms with van der Waals surface area (Å²) in [4.78, 5) is 36.5. The Morgan fingerprint density at radius 3 is 2.80 bits per heavy atom. The number of esters is 1. The number of carbonyl (C=O) groups excluding carboxylic acids is 2. The summed E-state index contributed by atoms with van der Waals surface area (Å²) in [6, 6.07) is 1.31. The van der Waals surface area contributed by atoms with Gasteiger partial charge in [0, 0.05) is 17.7 Å². The first kappa shape index (κ1) is 9.64. The van der Waals surface area contributed by atoms with Gasteiger partial charge in [-0.25, -0.2) is 4.79 Å². The second-order valence-corrected chi connectivity index (χ2v) is 3.32. The Morgan fingerprint density at radius 2 is 2.13 bits per heavy atom. The Bertz CT molecular complexity index is 501. The molecule has 0 amide bonds. The van der Waals surface area contributed by atoms with E-state index in [9.17, 15) is 14.4 Å². The number of aromatic nitrogens is 1. The van der Waals surface area contributed by atoms with Crippen LogP contribution in [0.2, 0.25) is 0 Å². The Morgan fingerprint density at radius 1 is 1.40 bits per heavy atom. The summed E-state index contributed by atoms with van der Waals surface area (Å²) in [5.74, 6) is -0.773. The van der Waals surface area contributed by atoms with Crippen molar-refractivity contribution in [3.05, 3.63) is 33.2 Å². The summed E-state index contributed by atoms with van der Waals surface area (Å²) in [7, 11) is 1.19. The molecular weight excluding hydrogens is 198 g/mol. The molecule has 0 aliphatic heterocycles. The van der Waals surface area contributed by atoms with E-state index in [1.54, 1.807) is 0 Å². The quantitative estimate of drug-likeness (QED) is 0.671. The number of pyridine rings is 1. The topological polar surface area (TPSA) is 76.2 Å². The average molecular weight is 207 g/mol. The number of aromatic amines is 1. The highest BCUT2D eigenvalue weighted by molar-refractivity contribution is 6.02. The summed E-state index contributed by atoms with van der Waals surface area (Å²) in [5, 5.41) is 0. The summed E-state index contributed by atoms with van der Waals surface area (Å²) in [5.41, 5.74) is 0.412. The first-order valence-corrected chi connectivity index (χ1v) is 4.51. The van der Waals surface area contributed by atoms with Crippen LogP contribution in [0.25, 0.3) is 0 Å². The van der Waals surface area contributed by atoms with E-state index in [1.165, 1.54) is 13.2 Å². The van der Waals surface area contributed by atoms with E-state index in [1.807, 2.05) is 0 Å². The van der Waals surface area contributed by atoms with Gasteiger partial charge in [0.05, 0.1) is 7.11 Å². The van der Waals surface area contributed by atoms with E-state index >= 15 is 0 Å². The van der Waals surface area contributed by atoms with Gasteiger partial charge in [-0.15, -0.1) is 0 Å². The molecule has 1 aromatic heterocycles. The van der Waals surface area contributed by atoms with Gasteiger partial charge in [0.15, 0.2) is 5.78 Å². The number of hydrogen-bond acceptors (Lipinski definition) is 4. The van der Waals surface area contributed by atoms with Crippen LogP contribution >= 0.6 is 0 Å². The summed E-state index contributed by atoms with van der Waals surface area (Å²) in [6.07, 6.45) is 0.917. The largest absolute Gasteiger partial charge is 0.465 e. The molecule has 0 aromatic carbocycles. The molecule has 1 N–H and O–H groups in total. The molecule has 0 spiro atoms. The van der Waals surface area contributed by atoms with Gasteiger partial charge >= 0.3 is 5.97 Å². The van der Waals surface area contributed by atoms with E-state index in [-0.39, 0.29) is 11.3 Å². The van der Waals surface area contributed by atoms with Crippen LogP contribution in [-0.2, 0) is 11.2 Å². The minimum absolute atomic E-state index is 0.0496. The Hall–Kier alpha value is -1.91. The van der Waals surface area contributed by atoms with Gasteiger partial charge in [0.1, 0.15) is 5.56 Å². The molecular formula is C10H9NO4. The fourth-order valence-electron chi connectivity index (χ4n) is 1.65. The van der Waals surface area contributed by atoms with Gasteiger partial charge in [0.25, 0.3) is 5.56 Å². The predicted octanol–water partition coefficient (Wildman–Crippen LogP) is 0.290. The molecule has 5 nitrogen and oxygen atoms in total. The Kier molecular flexibility index (Phi) is 2.15. The van der Waals surface area contributed by atoms with Crippen molar-refractivity contribution < 1.29 is 14.3 Å². The van der Waals surface area contributed by atoms with Gasteiger partial charge in [0.2, 0.25) is 0 Å². The maximum absolute atomic E-state index is 11.4. The van der Waals surface area contributed by atoms with Crippen molar-refractivity contribution in [1.29, 1.82) is 0 Å². The second kappa shape index (κ2) is 3.34. The number of ketones is 1. The summed E-state index contributed by atoms with van der Waals surface area (Å²) < 4.78 is 4.44. The second-order valence-electron chi connectivity index (χ2n) is 3.32. The van der Waals surface area contributed by atoms with Gasteiger partial charge in [-0.1, -0.05) is 0 Å². The lowest BCUT2D eigenvalue weighted by Gasteiger charge is -2.01. The van der Waals surface area contributed by atoms with Crippen molar-refractivity contribution >= 4 is 11.8 Å². The molecule has 0 saturated heterocycles. The zero-order valence-electron chi connectivity index (χ0n) is 8.12. The molecule has 78 valence electrons. The molecule has 0 bridgehead atoms. The summed E-state index contributed by atoms with van der Waals surface area (Å²) >= 11 is 0. The minimum Gasteiger partial charge on any atom is -0.465 e. The van der Waals surface area contributed by atoms with Crippen molar-refractivity contribution in [2.45, 2.75) is 12.8 Å². The number of rotatable bonds is 1.